The first-order valence-electron chi connectivity index (χ1n) is 6.58. The molecule has 0 spiro atoms. The fourth-order valence-electron chi connectivity index (χ4n) is 2.31. The van der Waals surface area contributed by atoms with Crippen molar-refractivity contribution in [1.29, 1.82) is 0 Å². The first kappa shape index (κ1) is 16.0. The zero-order valence-electron chi connectivity index (χ0n) is 11.6. The van der Waals surface area contributed by atoms with Crippen molar-refractivity contribution in [3.63, 3.8) is 0 Å². The lowest BCUT2D eigenvalue weighted by Crippen LogP contribution is -2.41. The molecule has 0 unspecified atom stereocenters. The smallest absolute Gasteiger partial charge is 0.389 e. The van der Waals surface area contributed by atoms with Gasteiger partial charge in [0.25, 0.3) is 0 Å². The van der Waals surface area contributed by atoms with E-state index in [0.29, 0.717) is 18.9 Å². The number of thiocarbonyl (C=S) groups is 1. The summed E-state index contributed by atoms with van der Waals surface area (Å²) >= 11 is 4.88. The SMILES string of the molecule is CC1(Nc2ccc(C(F)(F)F)cc2C(N)=S)CCOCC1. The third kappa shape index (κ3) is 3.85. The van der Waals surface area contributed by atoms with Crippen LogP contribution in [0.3, 0.4) is 0 Å². The van der Waals surface area contributed by atoms with E-state index in [1.165, 1.54) is 6.07 Å². The number of nitrogens with one attached hydrogen (secondary N) is 1. The standard InChI is InChI=1S/C14H17F3N2OS/c1-13(4-6-20-7-5-13)19-11-3-2-9(14(15,16)17)8-10(11)12(18)21/h2-3,8,19H,4-7H2,1H3,(H2,18,21). The molecular formula is C14H17F3N2OS. The van der Waals surface area contributed by atoms with Gasteiger partial charge in [-0.3, -0.25) is 0 Å². The highest BCUT2D eigenvalue weighted by molar-refractivity contribution is 7.80. The molecule has 1 fully saturated rings. The summed E-state index contributed by atoms with van der Waals surface area (Å²) in [6, 6.07) is 3.41. The van der Waals surface area contributed by atoms with Crippen molar-refractivity contribution in [2.45, 2.75) is 31.5 Å². The Balaban J connectivity index is 2.33. The largest absolute Gasteiger partial charge is 0.416 e. The molecule has 0 atom stereocenters. The molecule has 0 radical (unpaired) electrons. The maximum Gasteiger partial charge on any atom is 0.416 e. The summed E-state index contributed by atoms with van der Waals surface area (Å²) in [5.74, 6) is 0. The molecule has 2 rings (SSSR count). The summed E-state index contributed by atoms with van der Waals surface area (Å²) in [5.41, 5.74) is 5.32. The Morgan fingerprint density at radius 1 is 1.33 bits per heavy atom. The summed E-state index contributed by atoms with van der Waals surface area (Å²) in [6.45, 7) is 3.25. The topological polar surface area (TPSA) is 47.3 Å². The Kier molecular flexibility index (Phi) is 4.43. The fraction of sp³-hybridized carbons (Fsp3) is 0.500. The maximum atomic E-state index is 12.8. The van der Waals surface area contributed by atoms with Gasteiger partial charge in [0, 0.05) is 30.0 Å². The van der Waals surface area contributed by atoms with Crippen molar-refractivity contribution in [1.82, 2.24) is 0 Å². The maximum absolute atomic E-state index is 12.8. The van der Waals surface area contributed by atoms with E-state index in [1.54, 1.807) is 0 Å². The Hall–Kier alpha value is -1.34. The van der Waals surface area contributed by atoms with E-state index in [0.717, 1.165) is 25.0 Å². The van der Waals surface area contributed by atoms with Gasteiger partial charge in [0.1, 0.15) is 4.99 Å². The van der Waals surface area contributed by atoms with E-state index in [-0.39, 0.29) is 16.1 Å². The van der Waals surface area contributed by atoms with Crippen LogP contribution in [0.2, 0.25) is 0 Å². The number of ether oxygens (including phenoxy) is 1. The van der Waals surface area contributed by atoms with Crippen molar-refractivity contribution in [3.05, 3.63) is 29.3 Å². The Labute approximate surface area is 126 Å². The normalized spacial score (nSPS) is 18.3. The van der Waals surface area contributed by atoms with E-state index in [9.17, 15) is 13.2 Å². The molecule has 1 aliphatic heterocycles. The van der Waals surface area contributed by atoms with Gasteiger partial charge < -0.3 is 15.8 Å². The Bertz CT molecular complexity index is 540. The summed E-state index contributed by atoms with van der Waals surface area (Å²) in [5, 5.41) is 3.27. The zero-order valence-corrected chi connectivity index (χ0v) is 12.4. The van der Waals surface area contributed by atoms with E-state index < -0.39 is 11.7 Å². The van der Waals surface area contributed by atoms with Crippen LogP contribution in [-0.4, -0.2) is 23.7 Å². The monoisotopic (exact) mass is 318 g/mol. The predicted octanol–water partition coefficient (Wildman–Crippen LogP) is 3.32. The summed E-state index contributed by atoms with van der Waals surface area (Å²) in [6.07, 6.45) is -2.88. The number of nitrogens with two attached hydrogens (primary N) is 1. The molecule has 7 heteroatoms. The molecule has 0 aromatic heterocycles. The van der Waals surface area contributed by atoms with Crippen LogP contribution in [0.1, 0.15) is 30.9 Å². The lowest BCUT2D eigenvalue weighted by molar-refractivity contribution is -0.137. The van der Waals surface area contributed by atoms with Gasteiger partial charge in [0.05, 0.1) is 5.56 Å². The highest BCUT2D eigenvalue weighted by Crippen LogP contribution is 2.33. The van der Waals surface area contributed by atoms with Crippen molar-refractivity contribution in [2.24, 2.45) is 5.73 Å². The average Bonchev–Trinajstić information content (AvgIpc) is 2.38. The predicted molar refractivity (Wildman–Crippen MR) is 79.4 cm³/mol. The van der Waals surface area contributed by atoms with Crippen LogP contribution in [0.5, 0.6) is 0 Å². The Morgan fingerprint density at radius 3 is 2.48 bits per heavy atom. The zero-order chi connectivity index (χ0) is 15.7. The minimum Gasteiger partial charge on any atom is -0.389 e. The molecule has 0 saturated carbocycles. The highest BCUT2D eigenvalue weighted by atomic mass is 32.1. The minimum atomic E-state index is -4.42. The van der Waals surface area contributed by atoms with Crippen LogP contribution in [-0.2, 0) is 10.9 Å². The molecule has 3 N–H and O–H groups in total. The van der Waals surface area contributed by atoms with Crippen molar-refractivity contribution < 1.29 is 17.9 Å². The molecule has 1 aromatic rings. The van der Waals surface area contributed by atoms with Crippen LogP contribution < -0.4 is 11.1 Å². The second kappa shape index (κ2) is 5.81. The van der Waals surface area contributed by atoms with Crippen LogP contribution >= 0.6 is 12.2 Å². The number of hydrogen-bond acceptors (Lipinski definition) is 3. The number of halogens is 3. The molecule has 1 aromatic carbocycles. The minimum absolute atomic E-state index is 0.0562. The number of anilines is 1. The van der Waals surface area contributed by atoms with E-state index >= 15 is 0 Å². The third-order valence-corrected chi connectivity index (χ3v) is 3.87. The Morgan fingerprint density at radius 2 is 1.95 bits per heavy atom. The first-order chi connectivity index (χ1) is 9.71. The second-order valence-corrected chi connectivity index (χ2v) is 5.86. The molecule has 116 valence electrons. The molecule has 0 aliphatic carbocycles. The van der Waals surface area contributed by atoms with Gasteiger partial charge in [-0.2, -0.15) is 13.2 Å². The highest BCUT2D eigenvalue weighted by Gasteiger charge is 2.32. The summed E-state index contributed by atoms with van der Waals surface area (Å²) in [7, 11) is 0. The van der Waals surface area contributed by atoms with Crippen molar-refractivity contribution in [3.8, 4) is 0 Å². The lowest BCUT2D eigenvalue weighted by atomic mass is 9.91. The van der Waals surface area contributed by atoms with Crippen LogP contribution in [0.4, 0.5) is 18.9 Å². The third-order valence-electron chi connectivity index (χ3n) is 3.65. The molecule has 21 heavy (non-hydrogen) atoms. The molecule has 0 amide bonds. The quantitative estimate of drug-likeness (QED) is 0.839. The molecular weight excluding hydrogens is 301 g/mol. The van der Waals surface area contributed by atoms with Crippen molar-refractivity contribution >= 4 is 22.9 Å². The first-order valence-corrected chi connectivity index (χ1v) is 6.99. The average molecular weight is 318 g/mol. The number of benzene rings is 1. The van der Waals surface area contributed by atoms with Gasteiger partial charge in [-0.25, -0.2) is 0 Å². The van der Waals surface area contributed by atoms with Crippen LogP contribution in [0.25, 0.3) is 0 Å². The van der Waals surface area contributed by atoms with Gasteiger partial charge >= 0.3 is 6.18 Å². The van der Waals surface area contributed by atoms with Gasteiger partial charge in [0.15, 0.2) is 0 Å². The van der Waals surface area contributed by atoms with Gasteiger partial charge in [-0.1, -0.05) is 12.2 Å². The molecule has 1 heterocycles. The summed E-state index contributed by atoms with van der Waals surface area (Å²) in [4.78, 5) is -0.0562. The van der Waals surface area contributed by atoms with Gasteiger partial charge in [0.2, 0.25) is 0 Å². The number of hydrogen-bond donors (Lipinski definition) is 2. The van der Waals surface area contributed by atoms with Gasteiger partial charge in [-0.05, 0) is 38.0 Å². The number of alkyl halides is 3. The number of rotatable bonds is 3. The molecule has 1 saturated heterocycles. The molecule has 3 nitrogen and oxygen atoms in total. The van der Waals surface area contributed by atoms with Gasteiger partial charge in [-0.15, -0.1) is 0 Å². The second-order valence-electron chi connectivity index (χ2n) is 5.42. The molecule has 0 bridgehead atoms. The van der Waals surface area contributed by atoms with Crippen LogP contribution in [0, 0.1) is 0 Å². The van der Waals surface area contributed by atoms with Crippen molar-refractivity contribution in [2.75, 3.05) is 18.5 Å². The van der Waals surface area contributed by atoms with E-state index in [1.807, 2.05) is 6.92 Å². The van der Waals surface area contributed by atoms with Crippen LogP contribution in [0.15, 0.2) is 18.2 Å². The lowest BCUT2D eigenvalue weighted by Gasteiger charge is -2.36. The summed E-state index contributed by atoms with van der Waals surface area (Å²) < 4.78 is 43.6. The fourth-order valence-corrected chi connectivity index (χ4v) is 2.47. The molecule has 1 aliphatic rings. The van der Waals surface area contributed by atoms with E-state index in [4.69, 9.17) is 22.7 Å². The van der Waals surface area contributed by atoms with E-state index in [2.05, 4.69) is 5.32 Å².